The maximum atomic E-state index is 13.0. The molecule has 1 saturated carbocycles. The van der Waals surface area contributed by atoms with Gasteiger partial charge in [0.05, 0.1) is 5.92 Å². The van der Waals surface area contributed by atoms with Gasteiger partial charge in [0.1, 0.15) is 6.04 Å². The molecule has 1 aliphatic carbocycles. The van der Waals surface area contributed by atoms with Crippen molar-refractivity contribution in [3.63, 3.8) is 0 Å². The number of aliphatic carboxylic acids is 1. The van der Waals surface area contributed by atoms with E-state index in [0.29, 0.717) is 19.5 Å². The first-order valence-corrected chi connectivity index (χ1v) is 9.49. The Morgan fingerprint density at radius 3 is 2.73 bits per heavy atom. The highest BCUT2D eigenvalue weighted by atomic mass is 16.4. The van der Waals surface area contributed by atoms with Crippen molar-refractivity contribution in [1.29, 1.82) is 0 Å². The van der Waals surface area contributed by atoms with Crippen molar-refractivity contribution in [3.8, 4) is 0 Å². The molecule has 2 N–H and O–H groups in total. The monoisotopic (exact) mass is 354 g/mol. The lowest BCUT2D eigenvalue weighted by Crippen LogP contribution is -2.57. The lowest BCUT2D eigenvalue weighted by molar-refractivity contribution is -0.150. The van der Waals surface area contributed by atoms with E-state index < -0.39 is 17.9 Å². The molecule has 1 saturated heterocycles. The summed E-state index contributed by atoms with van der Waals surface area (Å²) in [6.45, 7) is 4.05. The van der Waals surface area contributed by atoms with E-state index >= 15 is 0 Å². The van der Waals surface area contributed by atoms with E-state index in [1.54, 1.807) is 4.90 Å². The lowest BCUT2D eigenvalue weighted by Gasteiger charge is -2.38. The number of piperidine rings is 1. The fourth-order valence-corrected chi connectivity index (χ4v) is 4.35. The zero-order valence-electron chi connectivity index (χ0n) is 15.2. The Morgan fingerprint density at radius 1 is 1.31 bits per heavy atom. The molecule has 5 nitrogen and oxygen atoms in total. The van der Waals surface area contributed by atoms with Crippen LogP contribution in [0.5, 0.6) is 0 Å². The predicted molar refractivity (Wildman–Crippen MR) is 99.6 cm³/mol. The summed E-state index contributed by atoms with van der Waals surface area (Å²) in [7, 11) is 0. The molecular weight excluding hydrogens is 328 g/mol. The summed E-state index contributed by atoms with van der Waals surface area (Å²) in [5.41, 5.74) is 3.85. The largest absolute Gasteiger partial charge is 0.481 e. The van der Waals surface area contributed by atoms with Crippen LogP contribution < -0.4 is 5.32 Å². The predicted octanol–water partition coefficient (Wildman–Crippen LogP) is 2.45. The molecule has 2 heterocycles. The average molecular weight is 354 g/mol. The molecular formula is C21H26N2O3. The molecule has 1 spiro atoms. The molecule has 1 aromatic rings. The number of hydrogen-bond acceptors (Lipinski definition) is 3. The molecule has 2 unspecified atom stereocenters. The van der Waals surface area contributed by atoms with E-state index in [2.05, 4.69) is 42.6 Å². The molecule has 138 valence electrons. The van der Waals surface area contributed by atoms with Crippen LogP contribution in [0, 0.1) is 18.3 Å². The second kappa shape index (κ2) is 6.54. The third kappa shape index (κ3) is 3.28. The van der Waals surface area contributed by atoms with E-state index in [4.69, 9.17) is 0 Å². The van der Waals surface area contributed by atoms with Crippen LogP contribution in [0.2, 0.25) is 0 Å². The molecule has 0 bridgehead atoms. The van der Waals surface area contributed by atoms with Gasteiger partial charge in [-0.25, -0.2) is 0 Å². The zero-order valence-corrected chi connectivity index (χ0v) is 15.2. The van der Waals surface area contributed by atoms with Crippen LogP contribution in [-0.4, -0.2) is 47.6 Å². The Labute approximate surface area is 154 Å². The van der Waals surface area contributed by atoms with Gasteiger partial charge in [0, 0.05) is 19.6 Å². The van der Waals surface area contributed by atoms with Gasteiger partial charge >= 0.3 is 5.97 Å². The van der Waals surface area contributed by atoms with Crippen LogP contribution in [0.1, 0.15) is 36.8 Å². The average Bonchev–Trinajstić information content (AvgIpc) is 3.40. The minimum atomic E-state index is -0.852. The first-order valence-electron chi connectivity index (χ1n) is 9.49. The molecule has 1 amide bonds. The summed E-state index contributed by atoms with van der Waals surface area (Å²) in [6, 6.07) is 7.82. The van der Waals surface area contributed by atoms with Crippen molar-refractivity contribution in [2.24, 2.45) is 11.3 Å². The highest BCUT2D eigenvalue weighted by Crippen LogP contribution is 2.52. The van der Waals surface area contributed by atoms with Gasteiger partial charge in [-0.2, -0.15) is 0 Å². The highest BCUT2D eigenvalue weighted by molar-refractivity contribution is 5.88. The molecule has 3 aliphatic rings. The number of hydrogen-bond donors (Lipinski definition) is 2. The van der Waals surface area contributed by atoms with Crippen molar-refractivity contribution in [1.82, 2.24) is 10.2 Å². The van der Waals surface area contributed by atoms with Gasteiger partial charge < -0.3 is 15.3 Å². The first kappa shape index (κ1) is 17.3. The van der Waals surface area contributed by atoms with Crippen LogP contribution in [0.4, 0.5) is 0 Å². The van der Waals surface area contributed by atoms with Crippen molar-refractivity contribution >= 4 is 17.4 Å². The number of rotatable bonds is 3. The van der Waals surface area contributed by atoms with Gasteiger partial charge in [-0.1, -0.05) is 35.9 Å². The Bertz CT molecular complexity index is 766. The van der Waals surface area contributed by atoms with Crippen molar-refractivity contribution in [2.75, 3.05) is 19.6 Å². The molecule has 0 radical (unpaired) electrons. The van der Waals surface area contributed by atoms with Gasteiger partial charge in [-0.3, -0.25) is 9.59 Å². The minimum absolute atomic E-state index is 0.0626. The fraction of sp³-hybridized carbons (Fsp3) is 0.524. The maximum absolute atomic E-state index is 13.0. The smallest absolute Gasteiger partial charge is 0.308 e. The standard InChI is InChI=1S/C21H26N2O3/c1-14-3-2-4-16(11-14)15-5-9-23(10-6-15)19(24)18-17(20(25)26)12-21(7-8-21)13-22-18/h2-5,11,17-18,22H,6-10,12-13H2,1H3,(H,25,26). The summed E-state index contributed by atoms with van der Waals surface area (Å²) in [5, 5.41) is 12.9. The fourth-order valence-electron chi connectivity index (χ4n) is 4.35. The molecule has 2 aliphatic heterocycles. The molecule has 0 aromatic heterocycles. The highest BCUT2D eigenvalue weighted by Gasteiger charge is 2.52. The van der Waals surface area contributed by atoms with Gasteiger partial charge in [-0.05, 0) is 49.2 Å². The second-order valence-corrected chi connectivity index (χ2v) is 8.14. The Kier molecular flexibility index (Phi) is 4.35. The number of nitrogens with one attached hydrogen (secondary N) is 1. The van der Waals surface area contributed by atoms with Gasteiger partial charge in [0.15, 0.2) is 0 Å². The van der Waals surface area contributed by atoms with E-state index in [-0.39, 0.29) is 11.3 Å². The SMILES string of the molecule is Cc1cccc(C2=CCN(C(=O)C3NCC4(CC4)CC3C(=O)O)CC2)c1. The van der Waals surface area contributed by atoms with Crippen LogP contribution in [0.15, 0.2) is 30.3 Å². The Balaban J connectivity index is 1.45. The van der Waals surface area contributed by atoms with Crippen molar-refractivity contribution < 1.29 is 14.7 Å². The van der Waals surface area contributed by atoms with Crippen LogP contribution in [0.3, 0.4) is 0 Å². The molecule has 26 heavy (non-hydrogen) atoms. The molecule has 2 atom stereocenters. The van der Waals surface area contributed by atoms with Crippen LogP contribution in [0.25, 0.3) is 5.57 Å². The van der Waals surface area contributed by atoms with E-state index in [9.17, 15) is 14.7 Å². The van der Waals surface area contributed by atoms with E-state index in [1.807, 2.05) is 0 Å². The lowest BCUT2D eigenvalue weighted by atomic mass is 9.81. The third-order valence-electron chi connectivity index (χ3n) is 6.20. The molecule has 4 rings (SSSR count). The van der Waals surface area contributed by atoms with Gasteiger partial charge in [0.25, 0.3) is 0 Å². The number of carbonyl (C=O) groups is 2. The Hall–Kier alpha value is -2.14. The molecule has 2 fully saturated rings. The first-order chi connectivity index (χ1) is 12.5. The number of carbonyl (C=O) groups excluding carboxylic acids is 1. The molecule has 1 aromatic carbocycles. The Morgan fingerprint density at radius 2 is 2.12 bits per heavy atom. The second-order valence-electron chi connectivity index (χ2n) is 8.14. The third-order valence-corrected chi connectivity index (χ3v) is 6.20. The number of carboxylic acids is 1. The maximum Gasteiger partial charge on any atom is 0.308 e. The van der Waals surface area contributed by atoms with Crippen molar-refractivity contribution in [3.05, 3.63) is 41.5 Å². The van der Waals surface area contributed by atoms with Crippen LogP contribution >= 0.6 is 0 Å². The van der Waals surface area contributed by atoms with E-state index in [1.165, 1.54) is 16.7 Å². The number of nitrogens with zero attached hydrogens (tertiary/aromatic N) is 1. The number of amides is 1. The van der Waals surface area contributed by atoms with Gasteiger partial charge in [-0.15, -0.1) is 0 Å². The van der Waals surface area contributed by atoms with Crippen LogP contribution in [-0.2, 0) is 9.59 Å². The quantitative estimate of drug-likeness (QED) is 0.875. The number of benzene rings is 1. The minimum Gasteiger partial charge on any atom is -0.481 e. The topological polar surface area (TPSA) is 69.6 Å². The normalized spacial score (nSPS) is 27.1. The summed E-state index contributed by atoms with van der Waals surface area (Å²) >= 11 is 0. The summed E-state index contributed by atoms with van der Waals surface area (Å²) in [5.74, 6) is -1.52. The number of aryl methyl sites for hydroxylation is 1. The van der Waals surface area contributed by atoms with Crippen molar-refractivity contribution in [2.45, 2.75) is 38.6 Å². The zero-order chi connectivity index (χ0) is 18.3. The number of carboxylic acid groups (broad SMARTS) is 1. The van der Waals surface area contributed by atoms with Gasteiger partial charge in [0.2, 0.25) is 5.91 Å². The summed E-state index contributed by atoms with van der Waals surface area (Å²) in [6.07, 6.45) is 5.71. The van der Waals surface area contributed by atoms with E-state index in [0.717, 1.165) is 25.8 Å². The summed E-state index contributed by atoms with van der Waals surface area (Å²) in [4.78, 5) is 26.5. The molecule has 5 heteroatoms. The summed E-state index contributed by atoms with van der Waals surface area (Å²) < 4.78 is 0.